The Morgan fingerprint density at radius 2 is 1.79 bits per heavy atom. The van der Waals surface area contributed by atoms with Gasteiger partial charge in [-0.1, -0.05) is 26.8 Å². The smallest absolute Gasteiger partial charge is 0.123 e. The third-order valence-corrected chi connectivity index (χ3v) is 3.01. The lowest BCUT2D eigenvalue weighted by molar-refractivity contribution is 0.229. The zero-order valence-electron chi connectivity index (χ0n) is 12.6. The Balaban J connectivity index is 2.50. The van der Waals surface area contributed by atoms with E-state index in [1.807, 2.05) is 31.2 Å². The average Bonchev–Trinajstić information content (AvgIpc) is 2.39. The summed E-state index contributed by atoms with van der Waals surface area (Å²) in [5.41, 5.74) is 0. The van der Waals surface area contributed by atoms with Gasteiger partial charge in [0.15, 0.2) is 0 Å². The average molecular weight is 265 g/mol. The van der Waals surface area contributed by atoms with E-state index in [0.29, 0.717) is 25.2 Å². The Kier molecular flexibility index (Phi) is 7.34. The van der Waals surface area contributed by atoms with Gasteiger partial charge in [-0.05, 0) is 37.9 Å². The van der Waals surface area contributed by atoms with Crippen LogP contribution in [0.5, 0.6) is 11.5 Å². The van der Waals surface area contributed by atoms with Crippen molar-refractivity contribution in [3.05, 3.63) is 24.3 Å². The van der Waals surface area contributed by atoms with Crippen molar-refractivity contribution in [2.75, 3.05) is 19.8 Å². The van der Waals surface area contributed by atoms with Gasteiger partial charge >= 0.3 is 0 Å². The van der Waals surface area contributed by atoms with Crippen LogP contribution in [0, 0.1) is 5.92 Å². The second-order valence-corrected chi connectivity index (χ2v) is 5.02. The van der Waals surface area contributed by atoms with Crippen LogP contribution in [-0.2, 0) is 0 Å². The van der Waals surface area contributed by atoms with Crippen LogP contribution in [0.1, 0.15) is 34.1 Å². The number of rotatable bonds is 9. The predicted molar refractivity (Wildman–Crippen MR) is 80.0 cm³/mol. The summed E-state index contributed by atoms with van der Waals surface area (Å²) in [5.74, 6) is 2.29. The number of benzene rings is 1. The highest BCUT2D eigenvalue weighted by Gasteiger charge is 2.13. The van der Waals surface area contributed by atoms with Gasteiger partial charge in [0.05, 0.1) is 6.61 Å². The van der Waals surface area contributed by atoms with Crippen molar-refractivity contribution < 1.29 is 9.47 Å². The number of hydrogen-bond donors (Lipinski definition) is 1. The lowest BCUT2D eigenvalue weighted by atomic mass is 10.1. The maximum atomic E-state index is 5.87. The first-order valence-corrected chi connectivity index (χ1v) is 7.26. The molecular formula is C16H27NO2. The first-order valence-electron chi connectivity index (χ1n) is 7.26. The van der Waals surface area contributed by atoms with Gasteiger partial charge in [-0.2, -0.15) is 0 Å². The molecule has 0 spiro atoms. The van der Waals surface area contributed by atoms with Crippen molar-refractivity contribution >= 4 is 0 Å². The van der Waals surface area contributed by atoms with Gasteiger partial charge < -0.3 is 14.8 Å². The molecule has 0 aliphatic rings. The molecule has 1 N–H and O–H groups in total. The molecule has 1 unspecified atom stereocenters. The van der Waals surface area contributed by atoms with Crippen molar-refractivity contribution in [3.63, 3.8) is 0 Å². The minimum Gasteiger partial charge on any atom is -0.494 e. The third-order valence-electron chi connectivity index (χ3n) is 3.01. The fourth-order valence-corrected chi connectivity index (χ4v) is 1.82. The van der Waals surface area contributed by atoms with Crippen LogP contribution in [0.2, 0.25) is 0 Å². The molecule has 0 heterocycles. The van der Waals surface area contributed by atoms with Gasteiger partial charge in [-0.25, -0.2) is 0 Å². The largest absolute Gasteiger partial charge is 0.494 e. The molecule has 3 nitrogen and oxygen atoms in total. The summed E-state index contributed by atoms with van der Waals surface area (Å²) in [6.45, 7) is 11.0. The highest BCUT2D eigenvalue weighted by atomic mass is 16.5. The van der Waals surface area contributed by atoms with E-state index in [4.69, 9.17) is 9.47 Å². The van der Waals surface area contributed by atoms with Gasteiger partial charge in [-0.15, -0.1) is 0 Å². The molecule has 1 atom stereocenters. The van der Waals surface area contributed by atoms with Crippen LogP contribution < -0.4 is 14.8 Å². The summed E-state index contributed by atoms with van der Waals surface area (Å²) in [6.07, 6.45) is 1.14. The van der Waals surface area contributed by atoms with Crippen LogP contribution in [-0.4, -0.2) is 25.8 Å². The fraction of sp³-hybridized carbons (Fsp3) is 0.625. The van der Waals surface area contributed by atoms with E-state index in [0.717, 1.165) is 24.5 Å². The zero-order valence-corrected chi connectivity index (χ0v) is 12.6. The minimum absolute atomic E-state index is 0.385. The number of hydrogen-bond acceptors (Lipinski definition) is 3. The quantitative estimate of drug-likeness (QED) is 0.741. The normalized spacial score (nSPS) is 12.5. The van der Waals surface area contributed by atoms with Gasteiger partial charge in [0.1, 0.15) is 18.1 Å². The summed E-state index contributed by atoms with van der Waals surface area (Å²) >= 11 is 0. The van der Waals surface area contributed by atoms with Gasteiger partial charge in [-0.3, -0.25) is 0 Å². The Bertz CT molecular complexity index is 352. The van der Waals surface area contributed by atoms with Crippen LogP contribution in [0.4, 0.5) is 0 Å². The Morgan fingerprint density at radius 1 is 1.11 bits per heavy atom. The Labute approximate surface area is 117 Å². The molecule has 108 valence electrons. The van der Waals surface area contributed by atoms with Crippen molar-refractivity contribution in [2.24, 2.45) is 5.92 Å². The van der Waals surface area contributed by atoms with Crippen LogP contribution in [0.15, 0.2) is 24.3 Å². The van der Waals surface area contributed by atoms with Crippen molar-refractivity contribution in [1.82, 2.24) is 5.32 Å². The molecule has 0 saturated carbocycles. The second kappa shape index (κ2) is 8.81. The van der Waals surface area contributed by atoms with Crippen LogP contribution in [0.25, 0.3) is 0 Å². The van der Waals surface area contributed by atoms with Crippen LogP contribution in [0.3, 0.4) is 0 Å². The molecule has 3 heteroatoms. The topological polar surface area (TPSA) is 30.5 Å². The molecule has 19 heavy (non-hydrogen) atoms. The molecule has 0 saturated heterocycles. The van der Waals surface area contributed by atoms with E-state index in [9.17, 15) is 0 Å². The maximum Gasteiger partial charge on any atom is 0.123 e. The van der Waals surface area contributed by atoms with E-state index >= 15 is 0 Å². The van der Waals surface area contributed by atoms with E-state index < -0.39 is 0 Å². The zero-order chi connectivity index (χ0) is 14.1. The summed E-state index contributed by atoms with van der Waals surface area (Å²) in [4.78, 5) is 0. The van der Waals surface area contributed by atoms with E-state index in [2.05, 4.69) is 26.1 Å². The molecule has 0 fully saturated rings. The molecule has 0 aliphatic carbocycles. The standard InChI is InChI=1S/C16H27NO2/c1-5-10-17-16(13(3)4)12-19-15-9-7-8-14(11-15)18-6-2/h7-9,11,13,16-17H,5-6,10,12H2,1-4H3. The summed E-state index contributed by atoms with van der Waals surface area (Å²) in [6, 6.07) is 8.21. The van der Waals surface area contributed by atoms with Gasteiger partial charge in [0.2, 0.25) is 0 Å². The molecule has 1 rings (SSSR count). The molecule has 1 aromatic rings. The van der Waals surface area contributed by atoms with Gasteiger partial charge in [0.25, 0.3) is 0 Å². The van der Waals surface area contributed by atoms with E-state index in [-0.39, 0.29) is 0 Å². The first kappa shape index (κ1) is 15.8. The highest BCUT2D eigenvalue weighted by Crippen LogP contribution is 2.19. The summed E-state index contributed by atoms with van der Waals surface area (Å²) in [5, 5.41) is 3.52. The Hall–Kier alpha value is -1.22. The van der Waals surface area contributed by atoms with Crippen LogP contribution >= 0.6 is 0 Å². The van der Waals surface area contributed by atoms with E-state index in [1.165, 1.54) is 0 Å². The molecule has 0 amide bonds. The molecule has 1 aromatic carbocycles. The lowest BCUT2D eigenvalue weighted by Crippen LogP contribution is -2.39. The van der Waals surface area contributed by atoms with Gasteiger partial charge in [0, 0.05) is 12.1 Å². The molecule has 0 radical (unpaired) electrons. The summed E-state index contributed by atoms with van der Waals surface area (Å²) < 4.78 is 11.3. The first-order chi connectivity index (χ1) is 9.17. The minimum atomic E-state index is 0.385. The molecular weight excluding hydrogens is 238 g/mol. The summed E-state index contributed by atoms with van der Waals surface area (Å²) in [7, 11) is 0. The predicted octanol–water partition coefficient (Wildman–Crippen LogP) is 3.49. The SMILES string of the molecule is CCCNC(COc1cccc(OCC)c1)C(C)C. The van der Waals surface area contributed by atoms with Crippen molar-refractivity contribution in [2.45, 2.75) is 40.2 Å². The van der Waals surface area contributed by atoms with Crippen molar-refractivity contribution in [3.8, 4) is 11.5 Å². The molecule has 0 bridgehead atoms. The van der Waals surface area contributed by atoms with E-state index in [1.54, 1.807) is 0 Å². The lowest BCUT2D eigenvalue weighted by Gasteiger charge is -2.22. The highest BCUT2D eigenvalue weighted by molar-refractivity contribution is 5.32. The fourth-order valence-electron chi connectivity index (χ4n) is 1.82. The third kappa shape index (κ3) is 5.97. The number of ether oxygens (including phenoxy) is 2. The monoisotopic (exact) mass is 265 g/mol. The number of nitrogens with one attached hydrogen (secondary N) is 1. The molecule has 0 aromatic heterocycles. The molecule has 0 aliphatic heterocycles. The second-order valence-electron chi connectivity index (χ2n) is 5.02. The van der Waals surface area contributed by atoms with Crippen molar-refractivity contribution in [1.29, 1.82) is 0 Å². The Morgan fingerprint density at radius 3 is 2.37 bits per heavy atom. The maximum absolute atomic E-state index is 5.87.